The molecule has 0 aromatic heterocycles. The zero-order chi connectivity index (χ0) is 11.4. The Morgan fingerprint density at radius 1 is 1.31 bits per heavy atom. The van der Waals surface area contributed by atoms with E-state index in [4.69, 9.17) is 11.6 Å². The molecule has 1 N–H and O–H groups in total. The van der Waals surface area contributed by atoms with Gasteiger partial charge in [-0.25, -0.2) is 0 Å². The molecule has 1 saturated carbocycles. The molecule has 0 saturated heterocycles. The third-order valence-electron chi connectivity index (χ3n) is 3.55. The summed E-state index contributed by atoms with van der Waals surface area (Å²) in [6.45, 7) is 4.19. The molecule has 0 amide bonds. The first-order valence-corrected chi connectivity index (χ1v) is 6.60. The van der Waals surface area contributed by atoms with Gasteiger partial charge in [-0.15, -0.1) is 11.6 Å². The van der Waals surface area contributed by atoms with E-state index in [9.17, 15) is 0 Å². The molecule has 1 aromatic rings. The highest BCUT2D eigenvalue weighted by Crippen LogP contribution is 2.29. The molecule has 1 aliphatic carbocycles. The highest BCUT2D eigenvalue weighted by Gasteiger charge is 2.24. The minimum Gasteiger partial charge on any atom is -0.312 e. The Bertz CT molecular complexity index is 337. The Morgan fingerprint density at radius 3 is 2.81 bits per heavy atom. The van der Waals surface area contributed by atoms with E-state index in [1.54, 1.807) is 0 Å². The van der Waals surface area contributed by atoms with Crippen LogP contribution in [0.4, 0.5) is 0 Å². The molecule has 0 aliphatic heterocycles. The lowest BCUT2D eigenvalue weighted by atomic mass is 10.1. The maximum Gasteiger partial charge on any atom is 0.0376 e. The molecule has 2 heteroatoms. The van der Waals surface area contributed by atoms with E-state index in [1.807, 2.05) is 0 Å². The van der Waals surface area contributed by atoms with Crippen molar-refractivity contribution in [3.63, 3.8) is 0 Å². The van der Waals surface area contributed by atoms with E-state index >= 15 is 0 Å². The molecule has 16 heavy (non-hydrogen) atoms. The molecule has 1 aromatic carbocycles. The van der Waals surface area contributed by atoms with Crippen LogP contribution in [-0.2, 0) is 6.54 Å². The topological polar surface area (TPSA) is 12.0 Å². The van der Waals surface area contributed by atoms with E-state index in [0.717, 1.165) is 13.1 Å². The smallest absolute Gasteiger partial charge is 0.0376 e. The third-order valence-corrected chi connectivity index (χ3v) is 4.12. The molecular weight excluding hydrogens is 218 g/mol. The molecule has 0 spiro atoms. The molecule has 88 valence electrons. The van der Waals surface area contributed by atoms with Crippen molar-refractivity contribution in [2.75, 3.05) is 6.54 Å². The second-order valence-electron chi connectivity index (χ2n) is 4.76. The standard InChI is InChI=1S/C14H20ClN/c1-11-5-2-3-6-12(11)9-16-10-13-7-4-8-14(13)15/h2-3,5-6,13-14,16H,4,7-10H2,1H3. The van der Waals surface area contributed by atoms with Crippen molar-refractivity contribution in [2.24, 2.45) is 5.92 Å². The molecule has 0 radical (unpaired) electrons. The summed E-state index contributed by atoms with van der Waals surface area (Å²) in [6, 6.07) is 8.54. The van der Waals surface area contributed by atoms with Crippen molar-refractivity contribution >= 4 is 11.6 Å². The first kappa shape index (κ1) is 11.9. The lowest BCUT2D eigenvalue weighted by Gasteiger charge is -2.15. The molecule has 1 nitrogen and oxygen atoms in total. The van der Waals surface area contributed by atoms with Crippen molar-refractivity contribution < 1.29 is 0 Å². The average Bonchev–Trinajstić information content (AvgIpc) is 2.67. The molecule has 0 heterocycles. The highest BCUT2D eigenvalue weighted by atomic mass is 35.5. The molecule has 2 unspecified atom stereocenters. The van der Waals surface area contributed by atoms with Gasteiger partial charge in [0.25, 0.3) is 0 Å². The van der Waals surface area contributed by atoms with E-state index in [2.05, 4.69) is 36.5 Å². The minimum atomic E-state index is 0.393. The fourth-order valence-corrected chi connectivity index (χ4v) is 2.79. The van der Waals surface area contributed by atoms with E-state index in [-0.39, 0.29) is 0 Å². The zero-order valence-electron chi connectivity index (χ0n) is 9.88. The first-order chi connectivity index (χ1) is 7.77. The predicted octanol–water partition coefficient (Wildman–Crippen LogP) is 3.49. The number of hydrogen-bond acceptors (Lipinski definition) is 1. The Kier molecular flexibility index (Phi) is 4.25. The molecule has 2 rings (SSSR count). The van der Waals surface area contributed by atoms with Gasteiger partial charge < -0.3 is 5.32 Å². The van der Waals surface area contributed by atoms with Gasteiger partial charge in [0.05, 0.1) is 0 Å². The number of halogens is 1. The minimum absolute atomic E-state index is 0.393. The summed E-state index contributed by atoms with van der Waals surface area (Å²) in [5.74, 6) is 0.672. The maximum absolute atomic E-state index is 6.25. The van der Waals surface area contributed by atoms with Gasteiger partial charge in [-0.2, -0.15) is 0 Å². The molecule has 1 fully saturated rings. The van der Waals surface area contributed by atoms with E-state index < -0.39 is 0 Å². The summed E-state index contributed by atoms with van der Waals surface area (Å²) in [5.41, 5.74) is 2.76. The number of benzene rings is 1. The summed E-state index contributed by atoms with van der Waals surface area (Å²) in [4.78, 5) is 0. The number of aryl methyl sites for hydroxylation is 1. The van der Waals surface area contributed by atoms with Crippen LogP contribution in [0.3, 0.4) is 0 Å². The quantitative estimate of drug-likeness (QED) is 0.791. The average molecular weight is 238 g/mol. The maximum atomic E-state index is 6.25. The van der Waals surface area contributed by atoms with Gasteiger partial charge in [0.15, 0.2) is 0 Å². The predicted molar refractivity (Wildman–Crippen MR) is 69.9 cm³/mol. The Labute approximate surface area is 103 Å². The van der Waals surface area contributed by atoms with Crippen molar-refractivity contribution in [3.8, 4) is 0 Å². The number of hydrogen-bond donors (Lipinski definition) is 1. The molecule has 1 aliphatic rings. The second-order valence-corrected chi connectivity index (χ2v) is 5.32. The van der Waals surface area contributed by atoms with Crippen LogP contribution in [0.1, 0.15) is 30.4 Å². The van der Waals surface area contributed by atoms with Crippen molar-refractivity contribution in [1.29, 1.82) is 0 Å². The van der Waals surface area contributed by atoms with Gasteiger partial charge in [-0.05, 0) is 43.4 Å². The fourth-order valence-electron chi connectivity index (χ4n) is 2.42. The van der Waals surface area contributed by atoms with Crippen LogP contribution in [0.2, 0.25) is 0 Å². The van der Waals surface area contributed by atoms with E-state index in [1.165, 1.54) is 30.4 Å². The van der Waals surface area contributed by atoms with Gasteiger partial charge in [0, 0.05) is 11.9 Å². The van der Waals surface area contributed by atoms with Crippen LogP contribution < -0.4 is 5.32 Å². The fraction of sp³-hybridized carbons (Fsp3) is 0.571. The molecule has 0 bridgehead atoms. The summed E-state index contributed by atoms with van der Waals surface area (Å²) in [5, 5.41) is 3.92. The van der Waals surface area contributed by atoms with E-state index in [0.29, 0.717) is 11.3 Å². The van der Waals surface area contributed by atoms with Crippen molar-refractivity contribution in [2.45, 2.75) is 38.1 Å². The second kappa shape index (κ2) is 5.70. The van der Waals surface area contributed by atoms with Crippen LogP contribution >= 0.6 is 11.6 Å². The number of alkyl halides is 1. The highest BCUT2D eigenvalue weighted by molar-refractivity contribution is 6.20. The first-order valence-electron chi connectivity index (χ1n) is 6.16. The monoisotopic (exact) mass is 237 g/mol. The van der Waals surface area contributed by atoms with Crippen LogP contribution in [0.5, 0.6) is 0 Å². The van der Waals surface area contributed by atoms with Crippen LogP contribution in [0.25, 0.3) is 0 Å². The van der Waals surface area contributed by atoms with Gasteiger partial charge in [0.2, 0.25) is 0 Å². The Hall–Kier alpha value is -0.530. The number of rotatable bonds is 4. The Balaban J connectivity index is 1.78. The lowest BCUT2D eigenvalue weighted by molar-refractivity contribution is 0.493. The van der Waals surface area contributed by atoms with Crippen LogP contribution in [0.15, 0.2) is 24.3 Å². The lowest BCUT2D eigenvalue weighted by Crippen LogP contribution is -2.25. The zero-order valence-corrected chi connectivity index (χ0v) is 10.6. The van der Waals surface area contributed by atoms with Gasteiger partial charge in [-0.3, -0.25) is 0 Å². The summed E-state index contributed by atoms with van der Waals surface area (Å²) >= 11 is 6.25. The molecule has 2 atom stereocenters. The van der Waals surface area contributed by atoms with Crippen molar-refractivity contribution in [1.82, 2.24) is 5.32 Å². The van der Waals surface area contributed by atoms with Crippen LogP contribution in [-0.4, -0.2) is 11.9 Å². The van der Waals surface area contributed by atoms with Gasteiger partial charge >= 0.3 is 0 Å². The SMILES string of the molecule is Cc1ccccc1CNCC1CCCC1Cl. The Morgan fingerprint density at radius 2 is 2.12 bits per heavy atom. The summed E-state index contributed by atoms with van der Waals surface area (Å²) in [7, 11) is 0. The van der Waals surface area contributed by atoms with Crippen molar-refractivity contribution in [3.05, 3.63) is 35.4 Å². The molecular formula is C14H20ClN. The normalized spacial score (nSPS) is 24.9. The van der Waals surface area contributed by atoms with Gasteiger partial charge in [0.1, 0.15) is 0 Å². The third kappa shape index (κ3) is 2.99. The van der Waals surface area contributed by atoms with Gasteiger partial charge in [-0.1, -0.05) is 30.7 Å². The largest absolute Gasteiger partial charge is 0.312 e. The van der Waals surface area contributed by atoms with Crippen LogP contribution in [0, 0.1) is 12.8 Å². The number of nitrogens with one attached hydrogen (secondary N) is 1. The summed E-state index contributed by atoms with van der Waals surface area (Å²) in [6.07, 6.45) is 3.78. The summed E-state index contributed by atoms with van der Waals surface area (Å²) < 4.78 is 0.